The van der Waals surface area contributed by atoms with Crippen molar-refractivity contribution < 1.29 is 14.3 Å². The van der Waals surface area contributed by atoms with E-state index >= 15 is 0 Å². The lowest BCUT2D eigenvalue weighted by Gasteiger charge is -2.26. The topological polar surface area (TPSA) is 49.9 Å². The third-order valence-corrected chi connectivity index (χ3v) is 5.48. The molecule has 0 radical (unpaired) electrons. The molecule has 0 spiro atoms. The number of hydrogen-bond acceptors (Lipinski definition) is 3. The molecular weight excluding hydrogens is 387 g/mol. The largest absolute Gasteiger partial charge is 0.444 e. The number of benzene rings is 1. The molecule has 3 rings (SSSR count). The van der Waals surface area contributed by atoms with Gasteiger partial charge in [-0.1, -0.05) is 23.2 Å². The molecule has 0 unspecified atom stereocenters. The third-order valence-electron chi connectivity index (χ3n) is 5.04. The first-order valence-corrected chi connectivity index (χ1v) is 10.1. The smallest absolute Gasteiger partial charge is 0.410 e. The molecule has 2 saturated heterocycles. The number of ether oxygens (including phenoxy) is 1. The Bertz CT molecular complexity index is 698. The lowest BCUT2D eigenvalue weighted by Crippen LogP contribution is -2.38. The van der Waals surface area contributed by atoms with Gasteiger partial charge in [-0.2, -0.15) is 0 Å². The molecule has 5 nitrogen and oxygen atoms in total. The Labute approximate surface area is 170 Å². The van der Waals surface area contributed by atoms with Crippen molar-refractivity contribution in [2.75, 3.05) is 26.2 Å². The number of carbonyl (C=O) groups is 2. The van der Waals surface area contributed by atoms with Crippen LogP contribution in [0.25, 0.3) is 0 Å². The number of aryl methyl sites for hydroxylation is 1. The van der Waals surface area contributed by atoms with Crippen molar-refractivity contribution in [1.82, 2.24) is 9.80 Å². The van der Waals surface area contributed by atoms with E-state index in [4.69, 9.17) is 27.9 Å². The number of nitrogens with zero attached hydrogens (tertiary/aromatic N) is 2. The quantitative estimate of drug-likeness (QED) is 0.745. The average molecular weight is 413 g/mol. The fourth-order valence-electron chi connectivity index (χ4n) is 3.84. The molecule has 27 heavy (non-hydrogen) atoms. The molecule has 0 saturated carbocycles. The average Bonchev–Trinajstić information content (AvgIpc) is 3.08. The monoisotopic (exact) mass is 412 g/mol. The zero-order chi connectivity index (χ0) is 19.8. The van der Waals surface area contributed by atoms with Crippen LogP contribution in [-0.2, 0) is 16.0 Å². The van der Waals surface area contributed by atoms with Gasteiger partial charge in [-0.05, 0) is 51.0 Å². The number of carbonyl (C=O) groups excluding carboxylic acids is 2. The highest BCUT2D eigenvalue weighted by Gasteiger charge is 2.43. The van der Waals surface area contributed by atoms with Crippen LogP contribution >= 0.6 is 23.2 Å². The fourth-order valence-corrected chi connectivity index (χ4v) is 4.41. The summed E-state index contributed by atoms with van der Waals surface area (Å²) in [6.07, 6.45) is 0.800. The SMILES string of the molecule is CC(C)(C)OC(=O)N1C[C@H]2CN(C(=O)CCc3cc(Cl)cc(Cl)c3)C[C@H]2C1. The van der Waals surface area contributed by atoms with E-state index in [0.717, 1.165) is 5.56 Å². The maximum absolute atomic E-state index is 12.6. The molecular formula is C20H26Cl2N2O3. The van der Waals surface area contributed by atoms with Gasteiger partial charge in [0, 0.05) is 54.5 Å². The lowest BCUT2D eigenvalue weighted by atomic mass is 10.0. The summed E-state index contributed by atoms with van der Waals surface area (Å²) in [4.78, 5) is 28.5. The second kappa shape index (κ2) is 7.88. The number of fused-ring (bicyclic) bond motifs is 1. The van der Waals surface area contributed by atoms with E-state index in [1.807, 2.05) is 37.8 Å². The van der Waals surface area contributed by atoms with Gasteiger partial charge < -0.3 is 14.5 Å². The number of halogens is 2. The van der Waals surface area contributed by atoms with Gasteiger partial charge in [-0.15, -0.1) is 0 Å². The van der Waals surface area contributed by atoms with Crippen molar-refractivity contribution in [2.24, 2.45) is 11.8 Å². The van der Waals surface area contributed by atoms with Crippen LogP contribution in [0.1, 0.15) is 32.8 Å². The summed E-state index contributed by atoms with van der Waals surface area (Å²) in [5.41, 5.74) is 0.483. The first kappa shape index (κ1) is 20.3. The third kappa shape index (κ3) is 5.29. The Balaban J connectivity index is 1.48. The summed E-state index contributed by atoms with van der Waals surface area (Å²) >= 11 is 12.0. The Morgan fingerprint density at radius 1 is 1.00 bits per heavy atom. The van der Waals surface area contributed by atoms with E-state index in [2.05, 4.69) is 0 Å². The van der Waals surface area contributed by atoms with E-state index in [1.54, 1.807) is 11.0 Å². The van der Waals surface area contributed by atoms with Crippen LogP contribution in [0.4, 0.5) is 4.79 Å². The van der Waals surface area contributed by atoms with Crippen molar-refractivity contribution in [1.29, 1.82) is 0 Å². The summed E-state index contributed by atoms with van der Waals surface area (Å²) in [7, 11) is 0. The summed E-state index contributed by atoms with van der Waals surface area (Å²) in [5.74, 6) is 0.813. The maximum atomic E-state index is 12.6. The number of likely N-dealkylation sites (tertiary alicyclic amines) is 2. The highest BCUT2D eigenvalue weighted by Crippen LogP contribution is 2.32. The number of rotatable bonds is 3. The molecule has 2 atom stereocenters. The molecule has 1 aromatic rings. The van der Waals surface area contributed by atoms with Crippen LogP contribution in [0.5, 0.6) is 0 Å². The second-order valence-corrected chi connectivity index (χ2v) is 9.35. The van der Waals surface area contributed by atoms with E-state index in [9.17, 15) is 9.59 Å². The molecule has 2 fully saturated rings. The summed E-state index contributed by atoms with van der Waals surface area (Å²) in [5, 5.41) is 1.17. The minimum atomic E-state index is -0.486. The zero-order valence-electron chi connectivity index (χ0n) is 16.0. The molecule has 0 aliphatic carbocycles. The van der Waals surface area contributed by atoms with Crippen LogP contribution in [0, 0.1) is 11.8 Å². The maximum Gasteiger partial charge on any atom is 0.410 e. The van der Waals surface area contributed by atoms with Gasteiger partial charge >= 0.3 is 6.09 Å². The molecule has 7 heteroatoms. The molecule has 1 aromatic carbocycles. The highest BCUT2D eigenvalue weighted by atomic mass is 35.5. The summed E-state index contributed by atoms with van der Waals surface area (Å²) in [6.45, 7) is 8.35. The van der Waals surface area contributed by atoms with Crippen LogP contribution in [0.3, 0.4) is 0 Å². The minimum absolute atomic E-state index is 0.143. The molecule has 0 bridgehead atoms. The van der Waals surface area contributed by atoms with Gasteiger partial charge in [-0.3, -0.25) is 4.79 Å². The van der Waals surface area contributed by atoms with Crippen molar-refractivity contribution >= 4 is 35.2 Å². The molecule has 2 aliphatic rings. The van der Waals surface area contributed by atoms with Gasteiger partial charge in [0.2, 0.25) is 5.91 Å². The molecule has 2 aliphatic heterocycles. The predicted octanol–water partition coefficient (Wildman–Crippen LogP) is 4.25. The highest BCUT2D eigenvalue weighted by molar-refractivity contribution is 6.34. The van der Waals surface area contributed by atoms with E-state index in [-0.39, 0.29) is 12.0 Å². The predicted molar refractivity (Wildman–Crippen MR) is 106 cm³/mol. The normalized spacial score (nSPS) is 22.1. The number of amides is 2. The first-order valence-electron chi connectivity index (χ1n) is 9.31. The Kier molecular flexibility index (Phi) is 5.92. The Morgan fingerprint density at radius 3 is 2.04 bits per heavy atom. The lowest BCUT2D eigenvalue weighted by molar-refractivity contribution is -0.130. The second-order valence-electron chi connectivity index (χ2n) is 8.48. The molecule has 2 heterocycles. The van der Waals surface area contributed by atoms with Crippen LogP contribution in [0.15, 0.2) is 18.2 Å². The van der Waals surface area contributed by atoms with Crippen LogP contribution in [0.2, 0.25) is 10.0 Å². The standard InChI is InChI=1S/C20H26Cl2N2O3/c1-20(2,3)27-19(26)24-11-14-9-23(10-15(14)12-24)18(25)5-4-13-6-16(21)8-17(22)7-13/h6-8,14-15H,4-5,9-12H2,1-3H3/t14-,15+. The molecule has 2 amide bonds. The van der Waals surface area contributed by atoms with Crippen molar-refractivity contribution in [3.63, 3.8) is 0 Å². The molecule has 0 N–H and O–H groups in total. The van der Waals surface area contributed by atoms with E-state index in [1.165, 1.54) is 0 Å². The first-order chi connectivity index (χ1) is 12.6. The van der Waals surface area contributed by atoms with Gasteiger partial charge in [0.15, 0.2) is 0 Å². The zero-order valence-corrected chi connectivity index (χ0v) is 17.5. The Hall–Kier alpha value is -1.46. The van der Waals surface area contributed by atoms with Crippen molar-refractivity contribution in [2.45, 2.75) is 39.2 Å². The number of hydrogen-bond donors (Lipinski definition) is 0. The van der Waals surface area contributed by atoms with Crippen LogP contribution in [-0.4, -0.2) is 53.6 Å². The van der Waals surface area contributed by atoms with E-state index < -0.39 is 5.60 Å². The summed E-state index contributed by atoms with van der Waals surface area (Å²) < 4.78 is 5.45. The summed E-state index contributed by atoms with van der Waals surface area (Å²) in [6, 6.07) is 5.38. The Morgan fingerprint density at radius 2 is 1.52 bits per heavy atom. The van der Waals surface area contributed by atoms with E-state index in [0.29, 0.717) is 60.9 Å². The van der Waals surface area contributed by atoms with Gasteiger partial charge in [0.05, 0.1) is 0 Å². The van der Waals surface area contributed by atoms with Gasteiger partial charge in [-0.25, -0.2) is 4.79 Å². The van der Waals surface area contributed by atoms with Crippen LogP contribution < -0.4 is 0 Å². The van der Waals surface area contributed by atoms with Gasteiger partial charge in [0.25, 0.3) is 0 Å². The minimum Gasteiger partial charge on any atom is -0.444 e. The van der Waals surface area contributed by atoms with Crippen molar-refractivity contribution in [3.05, 3.63) is 33.8 Å². The van der Waals surface area contributed by atoms with Crippen molar-refractivity contribution in [3.8, 4) is 0 Å². The molecule has 148 valence electrons. The van der Waals surface area contributed by atoms with Gasteiger partial charge in [0.1, 0.15) is 5.60 Å². The molecule has 0 aromatic heterocycles. The fraction of sp³-hybridized carbons (Fsp3) is 0.600.